The fraction of sp³-hybridized carbons (Fsp3) is 0.286. The van der Waals surface area contributed by atoms with E-state index in [2.05, 4.69) is 48.3 Å². The fourth-order valence-corrected chi connectivity index (χ4v) is 3.61. The van der Waals surface area contributed by atoms with Gasteiger partial charge < -0.3 is 9.47 Å². The van der Waals surface area contributed by atoms with Gasteiger partial charge in [0.25, 0.3) is 0 Å². The van der Waals surface area contributed by atoms with Crippen LogP contribution in [0.3, 0.4) is 0 Å². The molecule has 3 rings (SSSR count). The van der Waals surface area contributed by atoms with Crippen molar-refractivity contribution in [2.24, 2.45) is 7.05 Å². The number of amides is 1. The highest BCUT2D eigenvalue weighted by molar-refractivity contribution is 7.99. The number of aryl methyl sites for hydroxylation is 2. The summed E-state index contributed by atoms with van der Waals surface area (Å²) in [6, 6.07) is 16.3. The number of hydrogen-bond acceptors (Lipinski definition) is 4. The standard InChI is InChI=1S/C21H24N4OS/c1-15-9-11-17(12-10-15)20-22-23-21(25(20)4)27-14-19(26)24(3)13-18-8-6-5-7-16(18)2/h5-12H,13-14H2,1-4H3. The predicted molar refractivity (Wildman–Crippen MR) is 110 cm³/mol. The minimum Gasteiger partial charge on any atom is -0.341 e. The zero-order valence-corrected chi connectivity index (χ0v) is 17.0. The van der Waals surface area contributed by atoms with E-state index < -0.39 is 0 Å². The molecule has 1 amide bonds. The molecule has 1 aromatic heterocycles. The summed E-state index contributed by atoms with van der Waals surface area (Å²) in [5.74, 6) is 1.21. The molecule has 0 aliphatic carbocycles. The lowest BCUT2D eigenvalue weighted by Gasteiger charge is -2.18. The lowest BCUT2D eigenvalue weighted by Crippen LogP contribution is -2.28. The van der Waals surface area contributed by atoms with Crippen molar-refractivity contribution in [3.05, 3.63) is 65.2 Å². The van der Waals surface area contributed by atoms with Crippen molar-refractivity contribution >= 4 is 17.7 Å². The van der Waals surface area contributed by atoms with Gasteiger partial charge in [0.2, 0.25) is 5.91 Å². The number of carbonyl (C=O) groups excluding carboxylic acids is 1. The first kappa shape index (κ1) is 19.2. The van der Waals surface area contributed by atoms with Crippen LogP contribution in [0, 0.1) is 13.8 Å². The molecule has 5 nitrogen and oxygen atoms in total. The second-order valence-electron chi connectivity index (χ2n) is 6.70. The van der Waals surface area contributed by atoms with Crippen LogP contribution >= 0.6 is 11.8 Å². The first-order valence-electron chi connectivity index (χ1n) is 8.83. The van der Waals surface area contributed by atoms with Gasteiger partial charge >= 0.3 is 0 Å². The molecule has 0 atom stereocenters. The third kappa shape index (κ3) is 4.57. The third-order valence-corrected chi connectivity index (χ3v) is 5.57. The van der Waals surface area contributed by atoms with Crippen molar-refractivity contribution in [1.82, 2.24) is 19.7 Å². The van der Waals surface area contributed by atoms with Gasteiger partial charge in [-0.15, -0.1) is 10.2 Å². The average Bonchev–Trinajstić information content (AvgIpc) is 3.03. The maximum Gasteiger partial charge on any atom is 0.233 e. The van der Waals surface area contributed by atoms with Gasteiger partial charge in [-0.25, -0.2) is 0 Å². The van der Waals surface area contributed by atoms with E-state index in [1.165, 1.54) is 28.5 Å². The van der Waals surface area contributed by atoms with Crippen LogP contribution in [0.25, 0.3) is 11.4 Å². The van der Waals surface area contributed by atoms with Gasteiger partial charge in [0.05, 0.1) is 5.75 Å². The SMILES string of the molecule is Cc1ccc(-c2nnc(SCC(=O)N(C)Cc3ccccc3C)n2C)cc1. The van der Waals surface area contributed by atoms with Crippen LogP contribution in [0.15, 0.2) is 53.7 Å². The van der Waals surface area contributed by atoms with Gasteiger partial charge in [-0.1, -0.05) is 65.9 Å². The fourth-order valence-electron chi connectivity index (χ4n) is 2.76. The first-order chi connectivity index (χ1) is 13.0. The van der Waals surface area contributed by atoms with E-state index >= 15 is 0 Å². The summed E-state index contributed by atoms with van der Waals surface area (Å²) < 4.78 is 1.93. The quantitative estimate of drug-likeness (QED) is 0.610. The van der Waals surface area contributed by atoms with E-state index in [0.717, 1.165) is 16.5 Å². The Hall–Kier alpha value is -2.60. The molecule has 0 radical (unpaired) electrons. The molecule has 27 heavy (non-hydrogen) atoms. The highest BCUT2D eigenvalue weighted by Crippen LogP contribution is 2.23. The van der Waals surface area contributed by atoms with Gasteiger partial charge in [0.1, 0.15) is 0 Å². The molecule has 0 aliphatic heterocycles. The summed E-state index contributed by atoms with van der Waals surface area (Å²) >= 11 is 1.42. The molecule has 3 aromatic rings. The number of rotatable bonds is 6. The molecule has 0 saturated carbocycles. The van der Waals surface area contributed by atoms with E-state index in [1.54, 1.807) is 4.90 Å². The van der Waals surface area contributed by atoms with Crippen molar-refractivity contribution in [1.29, 1.82) is 0 Å². The van der Waals surface area contributed by atoms with E-state index in [9.17, 15) is 4.79 Å². The Morgan fingerprint density at radius 1 is 1.07 bits per heavy atom. The van der Waals surface area contributed by atoms with Crippen molar-refractivity contribution in [3.63, 3.8) is 0 Å². The second kappa shape index (κ2) is 8.39. The number of carbonyl (C=O) groups is 1. The van der Waals surface area contributed by atoms with Gasteiger partial charge in [0.15, 0.2) is 11.0 Å². The first-order valence-corrected chi connectivity index (χ1v) is 9.82. The molecule has 0 fully saturated rings. The molecule has 1 heterocycles. The zero-order valence-electron chi connectivity index (χ0n) is 16.1. The van der Waals surface area contributed by atoms with Crippen LogP contribution in [-0.2, 0) is 18.4 Å². The van der Waals surface area contributed by atoms with Gasteiger partial charge in [-0.3, -0.25) is 4.79 Å². The molecule has 0 bridgehead atoms. The van der Waals surface area contributed by atoms with Crippen LogP contribution in [0.4, 0.5) is 0 Å². The molecule has 0 aliphatic rings. The average molecular weight is 381 g/mol. The number of thioether (sulfide) groups is 1. The van der Waals surface area contributed by atoms with E-state index in [4.69, 9.17) is 0 Å². The van der Waals surface area contributed by atoms with Crippen LogP contribution in [-0.4, -0.2) is 38.4 Å². The molecule has 0 saturated heterocycles. The van der Waals surface area contributed by atoms with Crippen molar-refractivity contribution < 1.29 is 4.79 Å². The maximum atomic E-state index is 12.5. The molecule has 6 heteroatoms. The van der Waals surface area contributed by atoms with E-state index in [-0.39, 0.29) is 5.91 Å². The molecule has 140 valence electrons. The molecule has 0 spiro atoms. The normalized spacial score (nSPS) is 10.8. The van der Waals surface area contributed by atoms with Crippen molar-refractivity contribution in [3.8, 4) is 11.4 Å². The highest BCUT2D eigenvalue weighted by atomic mass is 32.2. The minimum absolute atomic E-state index is 0.0724. The Labute approximate surface area is 164 Å². The molecule has 0 unspecified atom stereocenters. The number of nitrogens with zero attached hydrogens (tertiary/aromatic N) is 4. The predicted octanol–water partition coefficient (Wildman–Crippen LogP) is 3.85. The van der Waals surface area contributed by atoms with Gasteiger partial charge in [-0.2, -0.15) is 0 Å². The number of benzene rings is 2. The third-order valence-electron chi connectivity index (χ3n) is 4.56. The zero-order chi connectivity index (χ0) is 19.4. The molecule has 0 N–H and O–H groups in total. The number of hydrogen-bond donors (Lipinski definition) is 0. The Morgan fingerprint density at radius 2 is 1.78 bits per heavy atom. The summed E-state index contributed by atoms with van der Waals surface area (Å²) in [5, 5.41) is 9.27. The Balaban J connectivity index is 1.62. The lowest BCUT2D eigenvalue weighted by atomic mass is 10.1. The van der Waals surface area contributed by atoms with Crippen LogP contribution < -0.4 is 0 Å². The van der Waals surface area contributed by atoms with Crippen LogP contribution in [0.1, 0.15) is 16.7 Å². The van der Waals surface area contributed by atoms with E-state index in [0.29, 0.717) is 12.3 Å². The van der Waals surface area contributed by atoms with Crippen molar-refractivity contribution in [2.75, 3.05) is 12.8 Å². The summed E-state index contributed by atoms with van der Waals surface area (Å²) in [5.41, 5.74) is 4.59. The Morgan fingerprint density at radius 3 is 2.48 bits per heavy atom. The monoisotopic (exact) mass is 380 g/mol. The second-order valence-corrected chi connectivity index (χ2v) is 7.64. The number of aromatic nitrogens is 3. The largest absolute Gasteiger partial charge is 0.341 e. The smallest absolute Gasteiger partial charge is 0.233 e. The molecular weight excluding hydrogens is 356 g/mol. The van der Waals surface area contributed by atoms with Gasteiger partial charge in [0, 0.05) is 26.2 Å². The highest BCUT2D eigenvalue weighted by Gasteiger charge is 2.15. The van der Waals surface area contributed by atoms with Gasteiger partial charge in [-0.05, 0) is 25.0 Å². The summed E-state index contributed by atoms with van der Waals surface area (Å²) in [6.45, 7) is 4.73. The molecule has 2 aromatic carbocycles. The van der Waals surface area contributed by atoms with Crippen molar-refractivity contribution in [2.45, 2.75) is 25.5 Å². The Kier molecular flexibility index (Phi) is 5.96. The summed E-state index contributed by atoms with van der Waals surface area (Å²) in [6.07, 6.45) is 0. The Bertz CT molecular complexity index is 934. The summed E-state index contributed by atoms with van der Waals surface area (Å²) in [7, 11) is 3.77. The lowest BCUT2D eigenvalue weighted by molar-refractivity contribution is -0.127. The van der Waals surface area contributed by atoms with E-state index in [1.807, 2.05) is 42.9 Å². The molecular formula is C21H24N4OS. The minimum atomic E-state index is 0.0724. The van der Waals surface area contributed by atoms with Crippen LogP contribution in [0.2, 0.25) is 0 Å². The maximum absolute atomic E-state index is 12.5. The van der Waals surface area contributed by atoms with Crippen LogP contribution in [0.5, 0.6) is 0 Å². The topological polar surface area (TPSA) is 51.0 Å². The summed E-state index contributed by atoms with van der Waals surface area (Å²) in [4.78, 5) is 14.3.